The molecule has 1 aliphatic heterocycles. The van der Waals surface area contributed by atoms with Gasteiger partial charge in [-0.15, -0.1) is 0 Å². The zero-order chi connectivity index (χ0) is 22.7. The molecule has 1 saturated heterocycles. The normalized spacial score (nSPS) is 18.0. The van der Waals surface area contributed by atoms with E-state index in [1.165, 1.54) is 4.90 Å². The molecule has 3 aromatic rings. The second kappa shape index (κ2) is 9.55. The van der Waals surface area contributed by atoms with Crippen LogP contribution in [-0.4, -0.2) is 35.0 Å². The van der Waals surface area contributed by atoms with Gasteiger partial charge in [0.25, 0.3) is 5.91 Å². The van der Waals surface area contributed by atoms with E-state index < -0.39 is 12.0 Å². The lowest BCUT2D eigenvalue weighted by Gasteiger charge is -2.29. The number of rotatable bonds is 6. The molecule has 1 aliphatic rings. The van der Waals surface area contributed by atoms with Gasteiger partial charge in [0, 0.05) is 17.7 Å². The zero-order valence-corrected chi connectivity index (χ0v) is 18.5. The van der Waals surface area contributed by atoms with Crippen LogP contribution in [0.15, 0.2) is 72.8 Å². The van der Waals surface area contributed by atoms with Crippen LogP contribution in [0.4, 0.5) is 0 Å². The molecule has 32 heavy (non-hydrogen) atoms. The summed E-state index contributed by atoms with van der Waals surface area (Å²) in [5.41, 5.74) is 4.28. The number of hydrogen-bond donors (Lipinski definition) is 1. The molecule has 0 bridgehead atoms. The maximum atomic E-state index is 13.5. The summed E-state index contributed by atoms with van der Waals surface area (Å²) in [5, 5.41) is 10.3. The van der Waals surface area contributed by atoms with E-state index in [1.54, 1.807) is 25.3 Å². The van der Waals surface area contributed by atoms with Gasteiger partial charge in [-0.2, -0.15) is 0 Å². The Bertz CT molecular complexity index is 1130. The number of likely N-dealkylation sites (tertiary alicyclic amines) is 1. The fourth-order valence-electron chi connectivity index (χ4n) is 4.41. The maximum absolute atomic E-state index is 13.5. The van der Waals surface area contributed by atoms with E-state index in [1.807, 2.05) is 54.6 Å². The van der Waals surface area contributed by atoms with Crippen LogP contribution < -0.4 is 0 Å². The summed E-state index contributed by atoms with van der Waals surface area (Å²) in [7, 11) is 1.66. The number of hydrogen-bond acceptors (Lipinski definition) is 3. The second-order valence-electron chi connectivity index (χ2n) is 7.85. The molecular weight excluding hydrogens is 426 g/mol. The molecule has 4 rings (SSSR count). The summed E-state index contributed by atoms with van der Waals surface area (Å²) in [6.45, 7) is 0.491. The van der Waals surface area contributed by atoms with Crippen molar-refractivity contribution in [2.24, 2.45) is 0 Å². The van der Waals surface area contributed by atoms with Gasteiger partial charge >= 0.3 is 5.97 Å². The van der Waals surface area contributed by atoms with E-state index in [0.29, 0.717) is 30.0 Å². The first-order valence-corrected chi connectivity index (χ1v) is 10.9. The summed E-state index contributed by atoms with van der Waals surface area (Å²) < 4.78 is 5.29. The van der Waals surface area contributed by atoms with Crippen molar-refractivity contribution in [3.63, 3.8) is 0 Å². The van der Waals surface area contributed by atoms with Crippen LogP contribution in [0, 0.1) is 0 Å². The predicted molar refractivity (Wildman–Crippen MR) is 124 cm³/mol. The molecule has 5 nitrogen and oxygen atoms in total. The molecule has 0 unspecified atom stereocenters. The first-order chi connectivity index (χ1) is 15.5. The number of carbonyl (C=O) groups is 2. The Morgan fingerprint density at radius 3 is 2.38 bits per heavy atom. The highest BCUT2D eigenvalue weighted by Crippen LogP contribution is 2.40. The van der Waals surface area contributed by atoms with E-state index in [2.05, 4.69) is 0 Å². The Morgan fingerprint density at radius 1 is 1.00 bits per heavy atom. The molecule has 1 amide bonds. The molecule has 0 spiro atoms. The Kier molecular flexibility index (Phi) is 6.58. The van der Waals surface area contributed by atoms with Crippen LogP contribution in [0.2, 0.25) is 5.02 Å². The number of aliphatic carboxylic acids is 1. The number of nitrogens with zero attached hydrogens (tertiary/aromatic N) is 1. The standard InChI is InChI=1S/C26H24ClNO4/c1-32-16-19-6-2-3-7-20(19)17-10-12-18(13-11-17)25(29)28-23(14-15-24(28)26(30)31)21-8-4-5-9-22(21)27/h2-13,23-24H,14-16H2,1H3,(H,30,31)/t23-,24+/m1/s1. The third-order valence-electron chi connectivity index (χ3n) is 5.93. The number of halogens is 1. The quantitative estimate of drug-likeness (QED) is 0.533. The van der Waals surface area contributed by atoms with E-state index in [9.17, 15) is 14.7 Å². The average Bonchev–Trinajstić information content (AvgIpc) is 3.25. The number of amides is 1. The van der Waals surface area contributed by atoms with Crippen molar-refractivity contribution in [3.8, 4) is 11.1 Å². The highest BCUT2D eigenvalue weighted by atomic mass is 35.5. The lowest BCUT2D eigenvalue weighted by Crippen LogP contribution is -2.41. The minimum absolute atomic E-state index is 0.309. The van der Waals surface area contributed by atoms with Crippen molar-refractivity contribution in [1.29, 1.82) is 0 Å². The van der Waals surface area contributed by atoms with Crippen molar-refractivity contribution in [1.82, 2.24) is 4.90 Å². The highest BCUT2D eigenvalue weighted by Gasteiger charge is 2.42. The molecule has 1 N–H and O–H groups in total. The van der Waals surface area contributed by atoms with Crippen LogP contribution in [0.1, 0.15) is 40.4 Å². The first kappa shape index (κ1) is 22.1. The lowest BCUT2D eigenvalue weighted by atomic mass is 9.98. The van der Waals surface area contributed by atoms with Crippen LogP contribution in [0.5, 0.6) is 0 Å². The molecule has 1 fully saturated rings. The molecule has 6 heteroatoms. The van der Waals surface area contributed by atoms with Gasteiger partial charge in [0.15, 0.2) is 0 Å². The van der Waals surface area contributed by atoms with Gasteiger partial charge in [0.05, 0.1) is 12.6 Å². The number of carboxylic acid groups (broad SMARTS) is 1. The molecule has 0 aromatic heterocycles. The molecule has 2 atom stereocenters. The van der Waals surface area contributed by atoms with E-state index in [0.717, 1.165) is 22.3 Å². The van der Waals surface area contributed by atoms with Gasteiger partial charge in [0.1, 0.15) is 6.04 Å². The fraction of sp³-hybridized carbons (Fsp3) is 0.231. The van der Waals surface area contributed by atoms with E-state index in [-0.39, 0.29) is 11.9 Å². The third-order valence-corrected chi connectivity index (χ3v) is 6.27. The summed E-state index contributed by atoms with van der Waals surface area (Å²) in [5.74, 6) is -1.31. The van der Waals surface area contributed by atoms with Gasteiger partial charge < -0.3 is 14.7 Å². The van der Waals surface area contributed by atoms with E-state index in [4.69, 9.17) is 16.3 Å². The molecule has 0 radical (unpaired) electrons. The van der Waals surface area contributed by atoms with Crippen molar-refractivity contribution in [3.05, 3.63) is 94.5 Å². The van der Waals surface area contributed by atoms with Crippen LogP contribution in [0.3, 0.4) is 0 Å². The largest absolute Gasteiger partial charge is 0.480 e. The van der Waals surface area contributed by atoms with Gasteiger partial charge in [-0.25, -0.2) is 4.79 Å². The number of benzene rings is 3. The van der Waals surface area contributed by atoms with Crippen LogP contribution in [0.25, 0.3) is 11.1 Å². The first-order valence-electron chi connectivity index (χ1n) is 10.5. The number of carboxylic acids is 1. The smallest absolute Gasteiger partial charge is 0.326 e. The topological polar surface area (TPSA) is 66.8 Å². The number of carbonyl (C=O) groups excluding carboxylic acids is 1. The lowest BCUT2D eigenvalue weighted by molar-refractivity contribution is -0.141. The summed E-state index contributed by atoms with van der Waals surface area (Å²) >= 11 is 6.38. The molecule has 0 saturated carbocycles. The van der Waals surface area contributed by atoms with Gasteiger partial charge in [-0.3, -0.25) is 4.79 Å². The number of methoxy groups -OCH3 is 1. The van der Waals surface area contributed by atoms with Crippen molar-refractivity contribution in [2.45, 2.75) is 31.5 Å². The minimum atomic E-state index is -1.00. The Balaban J connectivity index is 1.66. The summed E-state index contributed by atoms with van der Waals surface area (Å²) in [6, 6.07) is 21.3. The SMILES string of the molecule is COCc1ccccc1-c1ccc(C(=O)N2[C@@H](c3ccccc3Cl)CC[C@H]2C(=O)O)cc1. The Hall–Kier alpha value is -3.15. The third kappa shape index (κ3) is 4.27. The fourth-order valence-corrected chi connectivity index (χ4v) is 4.67. The summed E-state index contributed by atoms with van der Waals surface area (Å²) in [6.07, 6.45) is 0.939. The minimum Gasteiger partial charge on any atom is -0.480 e. The van der Waals surface area contributed by atoms with Gasteiger partial charge in [-0.1, -0.05) is 66.2 Å². The second-order valence-corrected chi connectivity index (χ2v) is 8.26. The summed E-state index contributed by atoms with van der Waals surface area (Å²) in [4.78, 5) is 26.9. The molecule has 1 heterocycles. The molecular formula is C26H24ClNO4. The molecule has 3 aromatic carbocycles. The monoisotopic (exact) mass is 449 g/mol. The van der Waals surface area contributed by atoms with Crippen molar-refractivity contribution in [2.75, 3.05) is 7.11 Å². The van der Waals surface area contributed by atoms with Gasteiger partial charge in [0.2, 0.25) is 0 Å². The van der Waals surface area contributed by atoms with Crippen molar-refractivity contribution < 1.29 is 19.4 Å². The maximum Gasteiger partial charge on any atom is 0.326 e. The van der Waals surface area contributed by atoms with Gasteiger partial charge in [-0.05, 0) is 53.3 Å². The van der Waals surface area contributed by atoms with Crippen molar-refractivity contribution >= 4 is 23.5 Å². The molecule has 0 aliphatic carbocycles. The van der Waals surface area contributed by atoms with Crippen LogP contribution in [-0.2, 0) is 16.1 Å². The number of ether oxygens (including phenoxy) is 1. The average molecular weight is 450 g/mol. The highest BCUT2D eigenvalue weighted by molar-refractivity contribution is 6.31. The zero-order valence-electron chi connectivity index (χ0n) is 17.7. The van der Waals surface area contributed by atoms with E-state index >= 15 is 0 Å². The van der Waals surface area contributed by atoms with Crippen LogP contribution >= 0.6 is 11.6 Å². The Labute approximate surface area is 192 Å². The molecule has 164 valence electrons. The predicted octanol–water partition coefficient (Wildman–Crippen LogP) is 5.58. The Morgan fingerprint density at radius 2 is 1.69 bits per heavy atom.